The van der Waals surface area contributed by atoms with Crippen LogP contribution in [-0.2, 0) is 0 Å². The molecule has 0 atom stereocenters. The van der Waals surface area contributed by atoms with Crippen LogP contribution in [0.25, 0.3) is 22.2 Å². The van der Waals surface area contributed by atoms with Gasteiger partial charge in [0.2, 0.25) is 0 Å². The minimum Gasteiger partial charge on any atom is -1.00 e. The van der Waals surface area contributed by atoms with Gasteiger partial charge in [-0.15, -0.1) is 6.07 Å². The largest absolute Gasteiger partial charge is 2.00 e. The molecule has 0 bridgehead atoms. The molecular weight excluding hydrogens is 328 g/mol. The van der Waals surface area contributed by atoms with Gasteiger partial charge in [0, 0.05) is 0 Å². The molecule has 3 aromatic rings. The van der Waals surface area contributed by atoms with E-state index < -0.39 is 11.6 Å². The summed E-state index contributed by atoms with van der Waals surface area (Å²) in [6, 6.07) is 11.8. The quantitative estimate of drug-likeness (QED) is 0.469. The Labute approximate surface area is 134 Å². The standard InChI is InChI=1S/C13H6F2NO.BrH.Mg/c14-10-6-5-8(7-11(10)15)13-9-3-1-2-4-12(9)17-16-13;;/h1-3,5-7H;1H;/q-1;;+2/p-1. The molecule has 19 heavy (non-hydrogen) atoms. The van der Waals surface area contributed by atoms with Crippen LogP contribution in [0.4, 0.5) is 8.78 Å². The van der Waals surface area contributed by atoms with E-state index in [9.17, 15) is 8.78 Å². The Morgan fingerprint density at radius 3 is 2.63 bits per heavy atom. The average Bonchev–Trinajstić information content (AvgIpc) is 2.76. The molecule has 0 spiro atoms. The molecule has 92 valence electrons. The van der Waals surface area contributed by atoms with Gasteiger partial charge in [0.25, 0.3) is 0 Å². The maximum absolute atomic E-state index is 13.1. The molecule has 0 aliphatic heterocycles. The van der Waals surface area contributed by atoms with Gasteiger partial charge in [0.05, 0.1) is 11.3 Å². The van der Waals surface area contributed by atoms with Gasteiger partial charge in [-0.05, 0) is 17.7 Å². The Hall–Kier alpha value is -0.984. The zero-order chi connectivity index (χ0) is 11.8. The van der Waals surface area contributed by atoms with E-state index in [2.05, 4.69) is 11.2 Å². The van der Waals surface area contributed by atoms with Crippen molar-refractivity contribution < 1.29 is 30.3 Å². The van der Waals surface area contributed by atoms with Gasteiger partial charge in [-0.3, -0.25) is 0 Å². The van der Waals surface area contributed by atoms with Crippen LogP contribution < -0.4 is 17.0 Å². The number of halogens is 3. The number of hydrogen-bond acceptors (Lipinski definition) is 2. The first kappa shape index (κ1) is 16.1. The maximum atomic E-state index is 13.1. The van der Waals surface area contributed by atoms with Crippen LogP contribution in [0.2, 0.25) is 0 Å². The van der Waals surface area contributed by atoms with E-state index in [4.69, 9.17) is 4.52 Å². The zero-order valence-corrected chi connectivity index (χ0v) is 12.7. The van der Waals surface area contributed by atoms with Crippen LogP contribution in [-0.4, -0.2) is 28.2 Å². The summed E-state index contributed by atoms with van der Waals surface area (Å²) >= 11 is 0. The Morgan fingerprint density at radius 1 is 1.11 bits per heavy atom. The predicted octanol–water partition coefficient (Wildman–Crippen LogP) is 0.196. The number of benzene rings is 2. The van der Waals surface area contributed by atoms with E-state index in [1.165, 1.54) is 6.07 Å². The summed E-state index contributed by atoms with van der Waals surface area (Å²) in [6.07, 6.45) is 0. The van der Waals surface area contributed by atoms with E-state index in [1.54, 1.807) is 18.2 Å². The normalized spacial score (nSPS) is 9.79. The van der Waals surface area contributed by atoms with E-state index in [0.717, 1.165) is 17.5 Å². The van der Waals surface area contributed by atoms with Crippen molar-refractivity contribution in [2.24, 2.45) is 0 Å². The van der Waals surface area contributed by atoms with Crippen molar-refractivity contribution in [2.75, 3.05) is 0 Å². The molecular formula is C13H6BrF2MgNO. The van der Waals surface area contributed by atoms with Gasteiger partial charge in [0.1, 0.15) is 0 Å². The second-order valence-electron chi connectivity index (χ2n) is 3.57. The second kappa shape index (κ2) is 6.45. The van der Waals surface area contributed by atoms with Crippen LogP contribution in [0.15, 0.2) is 40.9 Å². The van der Waals surface area contributed by atoms with E-state index >= 15 is 0 Å². The molecule has 0 saturated heterocycles. The molecule has 6 heteroatoms. The SMILES string of the molecule is Fc1ccc(-c2noc3[c-]cccc23)cc1F.[Br-].[Mg+2]. The predicted molar refractivity (Wildman–Crippen MR) is 64.0 cm³/mol. The first-order chi connectivity index (χ1) is 8.25. The van der Waals surface area contributed by atoms with Crippen molar-refractivity contribution in [3.05, 3.63) is 54.1 Å². The maximum Gasteiger partial charge on any atom is 2.00 e. The molecule has 0 unspecified atom stereocenters. The van der Waals surface area contributed by atoms with Gasteiger partial charge in [-0.25, -0.2) is 8.78 Å². The molecule has 1 aromatic heterocycles. The molecule has 0 N–H and O–H groups in total. The Balaban J connectivity index is 0.000000902. The monoisotopic (exact) mass is 333 g/mol. The van der Waals surface area contributed by atoms with Gasteiger partial charge >= 0.3 is 23.1 Å². The molecule has 3 rings (SSSR count). The van der Waals surface area contributed by atoms with Crippen molar-refractivity contribution in [1.29, 1.82) is 0 Å². The Kier molecular flexibility index (Phi) is 5.46. The van der Waals surface area contributed by atoms with Gasteiger partial charge in [0.15, 0.2) is 11.6 Å². The molecule has 1 heterocycles. The molecule has 2 aromatic carbocycles. The summed E-state index contributed by atoms with van der Waals surface area (Å²) in [6.45, 7) is 0. The Bertz CT molecular complexity index is 702. The molecule has 0 fully saturated rings. The van der Waals surface area contributed by atoms with Crippen molar-refractivity contribution >= 4 is 34.0 Å². The van der Waals surface area contributed by atoms with E-state index in [-0.39, 0.29) is 40.0 Å². The fraction of sp³-hybridized carbons (Fsp3) is 0. The number of rotatable bonds is 1. The van der Waals surface area contributed by atoms with Crippen LogP contribution in [0, 0.1) is 17.7 Å². The summed E-state index contributed by atoms with van der Waals surface area (Å²) in [5.41, 5.74) is 1.45. The molecule has 0 amide bonds. The zero-order valence-electron chi connectivity index (χ0n) is 9.66. The summed E-state index contributed by atoms with van der Waals surface area (Å²) < 4.78 is 31.0. The fourth-order valence-corrected chi connectivity index (χ4v) is 1.68. The van der Waals surface area contributed by atoms with Crippen LogP contribution in [0.3, 0.4) is 0 Å². The number of nitrogens with zero attached hydrogens (tertiary/aromatic N) is 1. The van der Waals surface area contributed by atoms with E-state index in [0.29, 0.717) is 16.8 Å². The minimum absolute atomic E-state index is 0. The first-order valence-electron chi connectivity index (χ1n) is 4.97. The number of hydrogen-bond donors (Lipinski definition) is 0. The number of aromatic nitrogens is 1. The summed E-state index contributed by atoms with van der Waals surface area (Å²) in [7, 11) is 0. The summed E-state index contributed by atoms with van der Waals surface area (Å²) in [5, 5.41) is 4.56. The molecule has 2 nitrogen and oxygen atoms in total. The van der Waals surface area contributed by atoms with Gasteiger partial charge in [-0.1, -0.05) is 16.6 Å². The summed E-state index contributed by atoms with van der Waals surface area (Å²) in [4.78, 5) is 0. The number of para-hydroxylation sites is 1. The molecule has 0 saturated carbocycles. The average molecular weight is 334 g/mol. The first-order valence-corrected chi connectivity index (χ1v) is 4.97. The third-order valence-corrected chi connectivity index (χ3v) is 2.49. The van der Waals surface area contributed by atoms with Crippen molar-refractivity contribution in [3.63, 3.8) is 0 Å². The van der Waals surface area contributed by atoms with Crippen molar-refractivity contribution in [2.45, 2.75) is 0 Å². The number of fused-ring (bicyclic) bond motifs is 1. The second-order valence-corrected chi connectivity index (χ2v) is 3.57. The van der Waals surface area contributed by atoms with Gasteiger partial charge in [-0.2, -0.15) is 18.2 Å². The van der Waals surface area contributed by atoms with E-state index in [1.807, 2.05) is 0 Å². The third kappa shape index (κ3) is 2.96. The molecule has 0 aliphatic rings. The topological polar surface area (TPSA) is 26.0 Å². The van der Waals surface area contributed by atoms with Crippen LogP contribution in [0.5, 0.6) is 0 Å². The van der Waals surface area contributed by atoms with Gasteiger partial charge < -0.3 is 21.5 Å². The third-order valence-electron chi connectivity index (χ3n) is 2.49. The van der Waals surface area contributed by atoms with Crippen molar-refractivity contribution in [3.8, 4) is 11.3 Å². The molecule has 0 aliphatic carbocycles. The summed E-state index contributed by atoms with van der Waals surface area (Å²) in [5.74, 6) is -1.79. The fourth-order valence-electron chi connectivity index (χ4n) is 1.68. The smallest absolute Gasteiger partial charge is 1.00 e. The minimum atomic E-state index is -0.904. The Morgan fingerprint density at radius 2 is 1.89 bits per heavy atom. The van der Waals surface area contributed by atoms with Crippen LogP contribution in [0.1, 0.15) is 0 Å². The van der Waals surface area contributed by atoms with Crippen molar-refractivity contribution in [1.82, 2.24) is 5.16 Å². The molecule has 0 radical (unpaired) electrons. The van der Waals surface area contributed by atoms with Crippen LogP contribution >= 0.6 is 0 Å².